The quantitative estimate of drug-likeness (QED) is 0.182. The lowest BCUT2D eigenvalue weighted by molar-refractivity contribution is -0.136. The second-order valence-electron chi connectivity index (χ2n) is 7.93. The Hall–Kier alpha value is -4.46. The van der Waals surface area contributed by atoms with Gasteiger partial charge in [0.15, 0.2) is 11.5 Å². The molecule has 0 spiro atoms. The van der Waals surface area contributed by atoms with Crippen LogP contribution in [0.3, 0.4) is 0 Å². The highest BCUT2D eigenvalue weighted by molar-refractivity contribution is 6.39. The number of carbonyl (C=O) groups excluding carboxylic acids is 3. The molecule has 0 heterocycles. The Balaban J connectivity index is 1.69. The van der Waals surface area contributed by atoms with E-state index in [2.05, 4.69) is 15.8 Å². The fourth-order valence-electron chi connectivity index (χ4n) is 3.37. The van der Waals surface area contributed by atoms with Gasteiger partial charge in [-0.25, -0.2) is 10.2 Å². The Morgan fingerprint density at radius 3 is 2.11 bits per heavy atom. The van der Waals surface area contributed by atoms with E-state index in [1.807, 2.05) is 51.1 Å². The van der Waals surface area contributed by atoms with Crippen LogP contribution in [-0.2, 0) is 9.59 Å². The van der Waals surface area contributed by atoms with Crippen molar-refractivity contribution in [1.29, 1.82) is 0 Å². The van der Waals surface area contributed by atoms with Crippen LogP contribution in [-0.4, -0.2) is 30.6 Å². The third-order valence-corrected chi connectivity index (χ3v) is 5.40. The molecule has 0 atom stereocenters. The maximum absolute atomic E-state index is 12.5. The van der Waals surface area contributed by atoms with Crippen LogP contribution in [0.25, 0.3) is 0 Å². The summed E-state index contributed by atoms with van der Waals surface area (Å²) in [5, 5.41) is 6.63. The number of nitrogens with one attached hydrogen (secondary N) is 2. The number of benzene rings is 3. The molecule has 0 bridgehead atoms. The summed E-state index contributed by atoms with van der Waals surface area (Å²) in [6.07, 6.45) is 0. The summed E-state index contributed by atoms with van der Waals surface area (Å²) in [4.78, 5) is 37.1. The number of hydrogen-bond acceptors (Lipinski definition) is 6. The van der Waals surface area contributed by atoms with Crippen LogP contribution < -0.4 is 20.2 Å². The molecule has 0 fully saturated rings. The van der Waals surface area contributed by atoms with Crippen molar-refractivity contribution in [3.8, 4) is 11.5 Å². The van der Waals surface area contributed by atoms with Crippen LogP contribution >= 0.6 is 0 Å². The van der Waals surface area contributed by atoms with Gasteiger partial charge in [-0.2, -0.15) is 5.10 Å². The number of hydrogen-bond donors (Lipinski definition) is 2. The molecule has 3 aromatic carbocycles. The lowest BCUT2D eigenvalue weighted by Gasteiger charge is -2.12. The van der Waals surface area contributed by atoms with E-state index in [-0.39, 0.29) is 5.75 Å². The first-order chi connectivity index (χ1) is 16.7. The molecule has 0 aliphatic heterocycles. The predicted molar refractivity (Wildman–Crippen MR) is 134 cm³/mol. The summed E-state index contributed by atoms with van der Waals surface area (Å²) >= 11 is 0. The van der Waals surface area contributed by atoms with Crippen molar-refractivity contribution in [3.05, 3.63) is 88.5 Å². The van der Waals surface area contributed by atoms with Gasteiger partial charge in [-0.05, 0) is 68.7 Å². The van der Waals surface area contributed by atoms with Crippen molar-refractivity contribution in [1.82, 2.24) is 5.43 Å². The standard InChI is InChI=1S/C27H27N3O5/c1-16-9-6-7-12-21(16)27(33)35-22-14-13-20(15-23(22)34-5)19(4)29-30-26(32)25(31)28-24-17(2)10-8-11-18(24)3/h6-15H,1-5H3,(H,28,31)(H,30,32)/b29-19+. The minimum absolute atomic E-state index is 0.245. The molecular weight excluding hydrogens is 446 g/mol. The van der Waals surface area contributed by atoms with Crippen LogP contribution in [0, 0.1) is 20.8 Å². The van der Waals surface area contributed by atoms with Crippen molar-refractivity contribution in [2.75, 3.05) is 12.4 Å². The summed E-state index contributed by atoms with van der Waals surface area (Å²) in [6, 6.07) is 17.6. The number of methoxy groups -OCH3 is 1. The SMILES string of the molecule is COc1cc(/C(C)=N/NC(=O)C(=O)Nc2c(C)cccc2C)ccc1OC(=O)c1ccccc1C. The maximum Gasteiger partial charge on any atom is 0.343 e. The van der Waals surface area contributed by atoms with Crippen LogP contribution in [0.2, 0.25) is 0 Å². The summed E-state index contributed by atoms with van der Waals surface area (Å²) in [5.41, 5.74) is 6.84. The predicted octanol–water partition coefficient (Wildman–Crippen LogP) is 4.32. The number of nitrogens with zero attached hydrogens (tertiary/aromatic N) is 1. The van der Waals surface area contributed by atoms with Gasteiger partial charge < -0.3 is 14.8 Å². The van der Waals surface area contributed by atoms with E-state index in [1.54, 1.807) is 37.3 Å². The zero-order valence-electron chi connectivity index (χ0n) is 20.3. The summed E-state index contributed by atoms with van der Waals surface area (Å²) < 4.78 is 10.9. The number of rotatable bonds is 6. The molecule has 2 amide bonds. The van der Waals surface area contributed by atoms with Gasteiger partial charge in [-0.3, -0.25) is 9.59 Å². The maximum atomic E-state index is 12.5. The minimum atomic E-state index is -0.900. The van der Waals surface area contributed by atoms with E-state index in [9.17, 15) is 14.4 Å². The topological polar surface area (TPSA) is 106 Å². The minimum Gasteiger partial charge on any atom is -0.493 e. The van der Waals surface area contributed by atoms with Gasteiger partial charge in [-0.1, -0.05) is 36.4 Å². The van der Waals surface area contributed by atoms with Gasteiger partial charge in [0.1, 0.15) is 0 Å². The molecule has 35 heavy (non-hydrogen) atoms. The van der Waals surface area contributed by atoms with Gasteiger partial charge in [-0.15, -0.1) is 0 Å². The molecule has 0 aliphatic carbocycles. The lowest BCUT2D eigenvalue weighted by Crippen LogP contribution is -2.33. The number of amides is 2. The van der Waals surface area contributed by atoms with Crippen molar-refractivity contribution in [2.45, 2.75) is 27.7 Å². The van der Waals surface area contributed by atoms with E-state index in [4.69, 9.17) is 9.47 Å². The highest BCUT2D eigenvalue weighted by Crippen LogP contribution is 2.29. The van der Waals surface area contributed by atoms with Gasteiger partial charge in [0.25, 0.3) is 0 Å². The fraction of sp³-hybridized carbons (Fsp3) is 0.185. The molecule has 0 aliphatic rings. The van der Waals surface area contributed by atoms with E-state index in [0.29, 0.717) is 28.3 Å². The van der Waals surface area contributed by atoms with Crippen LogP contribution in [0.5, 0.6) is 11.5 Å². The van der Waals surface area contributed by atoms with Crippen molar-refractivity contribution in [2.24, 2.45) is 5.10 Å². The largest absolute Gasteiger partial charge is 0.493 e. The van der Waals surface area contributed by atoms with Crippen LogP contribution in [0.1, 0.15) is 39.5 Å². The van der Waals surface area contributed by atoms with Crippen LogP contribution in [0.15, 0.2) is 65.8 Å². The fourth-order valence-corrected chi connectivity index (χ4v) is 3.37. The van der Waals surface area contributed by atoms with E-state index < -0.39 is 17.8 Å². The number of aryl methyl sites for hydroxylation is 3. The highest BCUT2D eigenvalue weighted by atomic mass is 16.6. The molecule has 3 aromatic rings. The molecule has 0 unspecified atom stereocenters. The molecule has 2 N–H and O–H groups in total. The second-order valence-corrected chi connectivity index (χ2v) is 7.93. The van der Waals surface area contributed by atoms with Gasteiger partial charge in [0.05, 0.1) is 18.4 Å². The van der Waals surface area contributed by atoms with E-state index >= 15 is 0 Å². The van der Waals surface area contributed by atoms with E-state index in [1.165, 1.54) is 7.11 Å². The first kappa shape index (κ1) is 25.2. The number of para-hydroxylation sites is 1. The number of carbonyl (C=O) groups is 3. The number of esters is 1. The van der Waals surface area contributed by atoms with Gasteiger partial charge >= 0.3 is 17.8 Å². The molecule has 8 nitrogen and oxygen atoms in total. The Morgan fingerprint density at radius 1 is 0.800 bits per heavy atom. The van der Waals surface area contributed by atoms with Crippen molar-refractivity contribution >= 4 is 29.2 Å². The summed E-state index contributed by atoms with van der Waals surface area (Å²) in [6.45, 7) is 7.18. The molecule has 0 radical (unpaired) electrons. The zero-order chi connectivity index (χ0) is 25.5. The van der Waals surface area contributed by atoms with Gasteiger partial charge in [0.2, 0.25) is 0 Å². The lowest BCUT2D eigenvalue weighted by atomic mass is 10.1. The van der Waals surface area contributed by atoms with E-state index in [0.717, 1.165) is 16.7 Å². The molecular formula is C27H27N3O5. The average molecular weight is 474 g/mol. The highest BCUT2D eigenvalue weighted by Gasteiger charge is 2.17. The normalized spacial score (nSPS) is 10.9. The molecule has 0 saturated heterocycles. The third kappa shape index (κ3) is 6.11. The van der Waals surface area contributed by atoms with Gasteiger partial charge in [0, 0.05) is 11.3 Å². The molecule has 8 heteroatoms. The molecule has 0 aromatic heterocycles. The number of anilines is 1. The Bertz CT molecular complexity index is 1290. The summed E-state index contributed by atoms with van der Waals surface area (Å²) in [5.74, 6) is -1.66. The monoisotopic (exact) mass is 473 g/mol. The van der Waals surface area contributed by atoms with Crippen LogP contribution in [0.4, 0.5) is 5.69 Å². The molecule has 3 rings (SSSR count). The Kier molecular flexibility index (Phi) is 7.99. The van der Waals surface area contributed by atoms with Crippen molar-refractivity contribution in [3.63, 3.8) is 0 Å². The number of ether oxygens (including phenoxy) is 2. The zero-order valence-corrected chi connectivity index (χ0v) is 20.3. The van der Waals surface area contributed by atoms with Crippen molar-refractivity contribution < 1.29 is 23.9 Å². The third-order valence-electron chi connectivity index (χ3n) is 5.40. The first-order valence-electron chi connectivity index (χ1n) is 10.9. The Labute approximate surface area is 204 Å². The molecule has 180 valence electrons. The second kappa shape index (κ2) is 11.1. The smallest absolute Gasteiger partial charge is 0.343 e. The average Bonchev–Trinajstić information content (AvgIpc) is 2.84. The Morgan fingerprint density at radius 2 is 1.46 bits per heavy atom. The summed E-state index contributed by atoms with van der Waals surface area (Å²) in [7, 11) is 1.45. The molecule has 0 saturated carbocycles. The number of hydrazone groups is 1. The first-order valence-corrected chi connectivity index (χ1v) is 10.9.